The summed E-state index contributed by atoms with van der Waals surface area (Å²) in [5.41, 5.74) is 3.16. The zero-order valence-electron chi connectivity index (χ0n) is 12.8. The van der Waals surface area contributed by atoms with E-state index in [1.807, 2.05) is 25.3 Å². The molecule has 1 aliphatic heterocycles. The second-order valence-corrected chi connectivity index (χ2v) is 7.61. The first-order valence-corrected chi connectivity index (χ1v) is 9.08. The van der Waals surface area contributed by atoms with Crippen molar-refractivity contribution >= 4 is 51.6 Å². The number of carbonyl (C=O) groups excluding carboxylic acids is 1. The number of hydrogen-bond acceptors (Lipinski definition) is 5. The van der Waals surface area contributed by atoms with Crippen LogP contribution in [0.25, 0.3) is 11.2 Å². The van der Waals surface area contributed by atoms with E-state index in [4.69, 9.17) is 12.2 Å². The molecular weight excluding hydrogens is 346 g/mol. The summed E-state index contributed by atoms with van der Waals surface area (Å²) in [6.45, 7) is 8.18. The number of rotatable bonds is 4. The van der Waals surface area contributed by atoms with Crippen LogP contribution in [0.5, 0.6) is 0 Å². The largest absolute Gasteiger partial charge is 0.294 e. The molecule has 23 heavy (non-hydrogen) atoms. The van der Waals surface area contributed by atoms with E-state index in [9.17, 15) is 4.79 Å². The van der Waals surface area contributed by atoms with Crippen LogP contribution in [0.4, 0.5) is 0 Å². The van der Waals surface area contributed by atoms with Crippen LogP contribution in [0.15, 0.2) is 35.2 Å². The van der Waals surface area contributed by atoms with E-state index in [2.05, 4.69) is 22.2 Å². The molecule has 0 saturated carbocycles. The molecule has 3 rings (SSSR count). The fourth-order valence-electron chi connectivity index (χ4n) is 2.48. The average Bonchev–Trinajstić information content (AvgIpc) is 3.17. The Bertz CT molecular complexity index is 818. The molecule has 1 fully saturated rings. The number of thiazole rings is 1. The van der Waals surface area contributed by atoms with Crippen molar-refractivity contribution in [2.75, 3.05) is 6.54 Å². The first-order valence-electron chi connectivity index (χ1n) is 6.98. The number of aromatic nitrogens is 2. The number of amides is 1. The standard InChI is InChI=1S/C16H15N3OS3/c1-4-6-18-14(20)13(23-16(18)21)9-12-8-10(2)19(11(12)3)15-17-5-7-22-15/h4-5,7-9H,1,6H2,2-3H3/b13-9-. The zero-order chi connectivity index (χ0) is 16.6. The van der Waals surface area contributed by atoms with Crippen molar-refractivity contribution < 1.29 is 4.79 Å². The molecule has 118 valence electrons. The second-order valence-electron chi connectivity index (χ2n) is 5.06. The molecule has 1 saturated heterocycles. The Morgan fingerprint density at radius 3 is 2.87 bits per heavy atom. The summed E-state index contributed by atoms with van der Waals surface area (Å²) in [7, 11) is 0. The molecule has 0 radical (unpaired) electrons. The Labute approximate surface area is 148 Å². The van der Waals surface area contributed by atoms with Gasteiger partial charge >= 0.3 is 0 Å². The molecule has 0 bridgehead atoms. The van der Waals surface area contributed by atoms with Gasteiger partial charge in [0.25, 0.3) is 5.91 Å². The maximum atomic E-state index is 12.4. The van der Waals surface area contributed by atoms with Crippen molar-refractivity contribution in [2.45, 2.75) is 13.8 Å². The fraction of sp³-hybridized carbons (Fsp3) is 0.188. The zero-order valence-corrected chi connectivity index (χ0v) is 15.2. The lowest BCUT2D eigenvalue weighted by Gasteiger charge is -2.10. The minimum atomic E-state index is -0.0565. The van der Waals surface area contributed by atoms with E-state index < -0.39 is 0 Å². The summed E-state index contributed by atoms with van der Waals surface area (Å²) in [6, 6.07) is 2.07. The van der Waals surface area contributed by atoms with Crippen LogP contribution in [0, 0.1) is 13.8 Å². The third kappa shape index (κ3) is 2.91. The van der Waals surface area contributed by atoms with Gasteiger partial charge in [0.2, 0.25) is 0 Å². The molecule has 7 heteroatoms. The summed E-state index contributed by atoms with van der Waals surface area (Å²) in [6.07, 6.45) is 5.38. The topological polar surface area (TPSA) is 38.1 Å². The Hall–Kier alpha value is -1.70. The van der Waals surface area contributed by atoms with Gasteiger partial charge in [0.1, 0.15) is 4.32 Å². The van der Waals surface area contributed by atoms with Gasteiger partial charge in [0.05, 0.1) is 4.91 Å². The van der Waals surface area contributed by atoms with Crippen molar-refractivity contribution in [2.24, 2.45) is 0 Å². The van der Waals surface area contributed by atoms with Crippen LogP contribution in [0.3, 0.4) is 0 Å². The molecule has 2 aromatic rings. The molecule has 0 N–H and O–H groups in total. The lowest BCUT2D eigenvalue weighted by molar-refractivity contribution is -0.121. The summed E-state index contributed by atoms with van der Waals surface area (Å²) in [5.74, 6) is -0.0565. The summed E-state index contributed by atoms with van der Waals surface area (Å²) >= 11 is 8.20. The number of nitrogens with zero attached hydrogens (tertiary/aromatic N) is 3. The average molecular weight is 362 g/mol. The molecular formula is C16H15N3OS3. The highest BCUT2D eigenvalue weighted by molar-refractivity contribution is 8.26. The first-order chi connectivity index (χ1) is 11.0. The third-order valence-electron chi connectivity index (χ3n) is 3.55. The van der Waals surface area contributed by atoms with Crippen LogP contribution >= 0.6 is 35.3 Å². The number of thiocarbonyl (C=S) groups is 1. The van der Waals surface area contributed by atoms with Gasteiger partial charge < -0.3 is 0 Å². The predicted molar refractivity (Wildman–Crippen MR) is 101 cm³/mol. The summed E-state index contributed by atoms with van der Waals surface area (Å²) < 4.78 is 2.68. The maximum absolute atomic E-state index is 12.4. The smallest absolute Gasteiger partial charge is 0.266 e. The molecule has 1 amide bonds. The number of carbonyl (C=O) groups is 1. The van der Waals surface area contributed by atoms with Crippen LogP contribution in [0.1, 0.15) is 17.0 Å². The first kappa shape index (κ1) is 16.2. The van der Waals surface area contributed by atoms with E-state index in [1.165, 1.54) is 11.8 Å². The van der Waals surface area contributed by atoms with Crippen LogP contribution in [-0.2, 0) is 4.79 Å². The Morgan fingerprint density at radius 1 is 1.43 bits per heavy atom. The van der Waals surface area contributed by atoms with Crippen molar-refractivity contribution in [3.8, 4) is 5.13 Å². The molecule has 2 aromatic heterocycles. The maximum Gasteiger partial charge on any atom is 0.266 e. The van der Waals surface area contributed by atoms with Crippen molar-refractivity contribution in [3.05, 3.63) is 52.2 Å². The number of aryl methyl sites for hydroxylation is 1. The van der Waals surface area contributed by atoms with Gasteiger partial charge in [0, 0.05) is 29.5 Å². The Morgan fingerprint density at radius 2 is 2.22 bits per heavy atom. The molecule has 1 aliphatic rings. The summed E-state index contributed by atoms with van der Waals surface area (Å²) in [5, 5.41) is 2.88. The highest BCUT2D eigenvalue weighted by Gasteiger charge is 2.31. The van der Waals surface area contributed by atoms with Gasteiger partial charge in [0.15, 0.2) is 5.13 Å². The predicted octanol–water partition coefficient (Wildman–Crippen LogP) is 3.94. The normalized spacial score (nSPS) is 16.6. The van der Waals surface area contributed by atoms with Gasteiger partial charge in [-0.25, -0.2) is 4.98 Å². The third-order valence-corrected chi connectivity index (χ3v) is 5.69. The van der Waals surface area contributed by atoms with Crippen molar-refractivity contribution in [1.82, 2.24) is 14.5 Å². The van der Waals surface area contributed by atoms with Crippen LogP contribution in [-0.4, -0.2) is 31.2 Å². The highest BCUT2D eigenvalue weighted by Crippen LogP contribution is 2.34. The number of thioether (sulfide) groups is 1. The van der Waals surface area contributed by atoms with Crippen LogP contribution in [0.2, 0.25) is 0 Å². The summed E-state index contributed by atoms with van der Waals surface area (Å²) in [4.78, 5) is 19.0. The Balaban J connectivity index is 1.98. The van der Waals surface area contributed by atoms with E-state index in [0.717, 1.165) is 22.1 Å². The lowest BCUT2D eigenvalue weighted by atomic mass is 10.2. The quantitative estimate of drug-likeness (QED) is 0.470. The van der Waals surface area contributed by atoms with E-state index >= 15 is 0 Å². The minimum absolute atomic E-state index is 0.0565. The van der Waals surface area contributed by atoms with Gasteiger partial charge in [-0.3, -0.25) is 14.3 Å². The number of hydrogen-bond donors (Lipinski definition) is 0. The van der Waals surface area contributed by atoms with E-state index in [1.54, 1.807) is 28.5 Å². The van der Waals surface area contributed by atoms with Crippen molar-refractivity contribution in [3.63, 3.8) is 0 Å². The van der Waals surface area contributed by atoms with E-state index in [-0.39, 0.29) is 5.91 Å². The molecule has 0 aromatic carbocycles. The SMILES string of the molecule is C=CCN1C(=O)/C(=C/c2cc(C)n(-c3nccs3)c2C)SC1=S. The molecule has 0 unspecified atom stereocenters. The monoisotopic (exact) mass is 361 g/mol. The fourth-order valence-corrected chi connectivity index (χ4v) is 4.50. The second kappa shape index (κ2) is 6.43. The van der Waals surface area contributed by atoms with Gasteiger partial charge in [-0.2, -0.15) is 0 Å². The molecule has 3 heterocycles. The van der Waals surface area contributed by atoms with Crippen LogP contribution < -0.4 is 0 Å². The van der Waals surface area contributed by atoms with Gasteiger partial charge in [-0.1, -0.05) is 30.1 Å². The molecule has 0 spiro atoms. The van der Waals surface area contributed by atoms with Crippen molar-refractivity contribution in [1.29, 1.82) is 0 Å². The van der Waals surface area contributed by atoms with Gasteiger partial charge in [-0.15, -0.1) is 17.9 Å². The molecule has 0 aliphatic carbocycles. The minimum Gasteiger partial charge on any atom is -0.294 e. The lowest BCUT2D eigenvalue weighted by Crippen LogP contribution is -2.27. The Kier molecular flexibility index (Phi) is 4.52. The molecule has 4 nitrogen and oxygen atoms in total. The van der Waals surface area contributed by atoms with E-state index in [0.29, 0.717) is 15.8 Å². The molecule has 0 atom stereocenters. The van der Waals surface area contributed by atoms with Gasteiger partial charge in [-0.05, 0) is 31.6 Å². The highest BCUT2D eigenvalue weighted by atomic mass is 32.2.